The van der Waals surface area contributed by atoms with Crippen LogP contribution in [0.1, 0.15) is 25.7 Å². The van der Waals surface area contributed by atoms with Gasteiger partial charge in [-0.25, -0.2) is 0 Å². The molecule has 5 nitrogen and oxygen atoms in total. The molecule has 0 unspecified atom stereocenters. The number of aliphatic imine (C=N–C) groups is 1. The van der Waals surface area contributed by atoms with Gasteiger partial charge in [-0.15, -0.1) is 24.0 Å². The maximum atomic E-state index is 6.08. The van der Waals surface area contributed by atoms with Crippen molar-refractivity contribution in [2.24, 2.45) is 10.7 Å². The number of nitrogens with two attached hydrogens (primary N) is 1. The molecule has 1 fully saturated rings. The van der Waals surface area contributed by atoms with Crippen molar-refractivity contribution in [2.45, 2.75) is 25.7 Å². The highest BCUT2D eigenvalue weighted by atomic mass is 127. The molecule has 0 bridgehead atoms. The number of nitrogens with one attached hydrogen (secondary N) is 1. The number of hydrogen-bond donors (Lipinski definition) is 2. The molecular formula is C16H26ClIN4O. The molecule has 1 aromatic carbocycles. The van der Waals surface area contributed by atoms with Crippen LogP contribution in [-0.2, 0) is 0 Å². The molecule has 1 aliphatic heterocycles. The van der Waals surface area contributed by atoms with Gasteiger partial charge < -0.3 is 20.7 Å². The Morgan fingerprint density at radius 1 is 1.30 bits per heavy atom. The number of likely N-dealkylation sites (tertiary alicyclic amines) is 1. The minimum Gasteiger partial charge on any atom is -0.495 e. The molecule has 23 heavy (non-hydrogen) atoms. The quantitative estimate of drug-likeness (QED) is 0.407. The molecule has 1 saturated heterocycles. The van der Waals surface area contributed by atoms with Crippen LogP contribution in [0.25, 0.3) is 0 Å². The van der Waals surface area contributed by atoms with Crippen LogP contribution in [0.3, 0.4) is 0 Å². The van der Waals surface area contributed by atoms with Crippen LogP contribution >= 0.6 is 35.6 Å². The predicted octanol–water partition coefficient (Wildman–Crippen LogP) is 3.57. The Hall–Kier alpha value is -0.730. The van der Waals surface area contributed by atoms with Crippen molar-refractivity contribution >= 4 is 47.2 Å². The first-order valence-electron chi connectivity index (χ1n) is 7.82. The highest BCUT2D eigenvalue weighted by Gasteiger charge is 2.08. The molecule has 2 rings (SSSR count). The standard InChI is InChI=1S/C16H25ClN4O.HI/c1-22-15-7-6-13(12-14(15)17)20-16(18)19-8-11-21-9-4-2-3-5-10-21;/h6-7,12H,2-5,8-11H2,1H3,(H3,18,19,20);1H. The molecule has 0 saturated carbocycles. The molecule has 0 aromatic heterocycles. The summed E-state index contributed by atoms with van der Waals surface area (Å²) >= 11 is 6.08. The van der Waals surface area contributed by atoms with Crippen LogP contribution in [0.5, 0.6) is 5.75 Å². The number of ether oxygens (including phenoxy) is 1. The van der Waals surface area contributed by atoms with Gasteiger partial charge in [-0.05, 0) is 44.1 Å². The maximum absolute atomic E-state index is 6.08. The van der Waals surface area contributed by atoms with E-state index < -0.39 is 0 Å². The van der Waals surface area contributed by atoms with Crippen molar-refractivity contribution in [3.63, 3.8) is 0 Å². The molecule has 0 amide bonds. The summed E-state index contributed by atoms with van der Waals surface area (Å²) in [6, 6.07) is 5.44. The number of nitrogens with zero attached hydrogens (tertiary/aromatic N) is 2. The predicted molar refractivity (Wildman–Crippen MR) is 108 cm³/mol. The topological polar surface area (TPSA) is 62.9 Å². The second kappa shape index (κ2) is 10.9. The summed E-state index contributed by atoms with van der Waals surface area (Å²) in [6.07, 6.45) is 5.28. The van der Waals surface area contributed by atoms with Crippen LogP contribution in [0.15, 0.2) is 23.2 Å². The van der Waals surface area contributed by atoms with Crippen LogP contribution < -0.4 is 15.8 Å². The molecule has 0 aliphatic carbocycles. The molecule has 130 valence electrons. The van der Waals surface area contributed by atoms with E-state index in [4.69, 9.17) is 22.1 Å². The van der Waals surface area contributed by atoms with Gasteiger partial charge in [-0.2, -0.15) is 0 Å². The lowest BCUT2D eigenvalue weighted by Crippen LogP contribution is -2.29. The van der Waals surface area contributed by atoms with E-state index in [1.165, 1.54) is 38.8 Å². The van der Waals surface area contributed by atoms with Gasteiger partial charge >= 0.3 is 0 Å². The second-order valence-electron chi connectivity index (χ2n) is 5.50. The van der Waals surface area contributed by atoms with E-state index >= 15 is 0 Å². The third-order valence-corrected chi connectivity index (χ3v) is 4.12. The van der Waals surface area contributed by atoms with Crippen LogP contribution in [0, 0.1) is 0 Å². The van der Waals surface area contributed by atoms with E-state index in [9.17, 15) is 0 Å². The average molecular weight is 453 g/mol. The molecule has 1 aromatic rings. The zero-order valence-electron chi connectivity index (χ0n) is 13.6. The van der Waals surface area contributed by atoms with E-state index in [0.717, 1.165) is 12.2 Å². The summed E-state index contributed by atoms with van der Waals surface area (Å²) in [5.74, 6) is 1.06. The molecule has 0 atom stereocenters. The highest BCUT2D eigenvalue weighted by molar-refractivity contribution is 14.0. The number of guanidine groups is 1. The third-order valence-electron chi connectivity index (χ3n) is 3.82. The first-order chi connectivity index (χ1) is 10.7. The van der Waals surface area contributed by atoms with E-state index in [-0.39, 0.29) is 24.0 Å². The number of halogens is 2. The Morgan fingerprint density at radius 2 is 2.00 bits per heavy atom. The van der Waals surface area contributed by atoms with Gasteiger partial charge in [0, 0.05) is 12.2 Å². The lowest BCUT2D eigenvalue weighted by Gasteiger charge is -2.18. The number of benzene rings is 1. The second-order valence-corrected chi connectivity index (χ2v) is 5.90. The Kier molecular flexibility index (Phi) is 9.66. The fraction of sp³-hybridized carbons (Fsp3) is 0.562. The van der Waals surface area contributed by atoms with Crippen molar-refractivity contribution < 1.29 is 4.74 Å². The van der Waals surface area contributed by atoms with Crippen molar-refractivity contribution in [2.75, 3.05) is 38.6 Å². The maximum Gasteiger partial charge on any atom is 0.193 e. The van der Waals surface area contributed by atoms with E-state index in [1.54, 1.807) is 19.2 Å². The Morgan fingerprint density at radius 3 is 2.61 bits per heavy atom. The van der Waals surface area contributed by atoms with Crippen molar-refractivity contribution in [3.05, 3.63) is 23.2 Å². The van der Waals surface area contributed by atoms with Crippen LogP contribution in [0.4, 0.5) is 5.69 Å². The SMILES string of the molecule is COc1ccc(NC(N)=NCCN2CCCCCC2)cc1Cl.I. The van der Waals surface area contributed by atoms with Crippen LogP contribution in [-0.4, -0.2) is 44.1 Å². The summed E-state index contributed by atoms with van der Waals surface area (Å²) in [4.78, 5) is 6.85. The summed E-state index contributed by atoms with van der Waals surface area (Å²) in [6.45, 7) is 4.03. The normalized spacial score (nSPS) is 16.3. The minimum atomic E-state index is 0. The lowest BCUT2D eigenvalue weighted by atomic mass is 10.2. The number of hydrogen-bond acceptors (Lipinski definition) is 3. The van der Waals surface area contributed by atoms with Crippen molar-refractivity contribution in [3.8, 4) is 5.75 Å². The molecule has 0 radical (unpaired) electrons. The Balaban J connectivity index is 0.00000264. The van der Waals surface area contributed by atoms with Crippen molar-refractivity contribution in [1.82, 2.24) is 4.90 Å². The van der Waals surface area contributed by atoms with Gasteiger partial charge in [0.05, 0.1) is 18.7 Å². The van der Waals surface area contributed by atoms with Crippen LogP contribution in [0.2, 0.25) is 5.02 Å². The first-order valence-corrected chi connectivity index (χ1v) is 8.19. The largest absolute Gasteiger partial charge is 0.495 e. The minimum absolute atomic E-state index is 0. The highest BCUT2D eigenvalue weighted by Crippen LogP contribution is 2.26. The molecule has 7 heteroatoms. The van der Waals surface area contributed by atoms with Gasteiger partial charge in [0.2, 0.25) is 0 Å². The fourth-order valence-electron chi connectivity index (χ4n) is 2.60. The number of anilines is 1. The summed E-state index contributed by atoms with van der Waals surface area (Å²) < 4.78 is 5.12. The monoisotopic (exact) mass is 452 g/mol. The molecular weight excluding hydrogens is 427 g/mol. The summed E-state index contributed by atoms with van der Waals surface area (Å²) in [5, 5.41) is 3.60. The summed E-state index contributed by atoms with van der Waals surface area (Å²) in [5.41, 5.74) is 6.73. The van der Waals surface area contributed by atoms with Gasteiger partial charge in [-0.3, -0.25) is 4.99 Å². The molecule has 1 aliphatic rings. The molecule has 1 heterocycles. The number of rotatable bonds is 5. The zero-order chi connectivity index (χ0) is 15.8. The summed E-state index contributed by atoms with van der Waals surface area (Å²) in [7, 11) is 1.59. The first kappa shape index (κ1) is 20.3. The Labute approximate surface area is 160 Å². The van der Waals surface area contributed by atoms with E-state index in [2.05, 4.69) is 15.2 Å². The van der Waals surface area contributed by atoms with Gasteiger partial charge in [0.25, 0.3) is 0 Å². The van der Waals surface area contributed by atoms with Gasteiger partial charge in [-0.1, -0.05) is 24.4 Å². The molecule has 3 N–H and O–H groups in total. The lowest BCUT2D eigenvalue weighted by molar-refractivity contribution is 0.293. The smallest absolute Gasteiger partial charge is 0.193 e. The van der Waals surface area contributed by atoms with Gasteiger partial charge in [0.1, 0.15) is 5.75 Å². The fourth-order valence-corrected chi connectivity index (χ4v) is 2.86. The average Bonchev–Trinajstić information content (AvgIpc) is 2.76. The van der Waals surface area contributed by atoms with Crippen molar-refractivity contribution in [1.29, 1.82) is 0 Å². The third kappa shape index (κ3) is 7.14. The van der Waals surface area contributed by atoms with E-state index in [0.29, 0.717) is 23.3 Å². The van der Waals surface area contributed by atoms with Gasteiger partial charge in [0.15, 0.2) is 5.96 Å². The number of methoxy groups -OCH3 is 1. The van der Waals surface area contributed by atoms with E-state index in [1.807, 2.05) is 6.07 Å². The Bertz CT molecular complexity index is 505. The zero-order valence-corrected chi connectivity index (χ0v) is 16.6. The molecule has 0 spiro atoms.